The molecule has 1 amide bonds. The molecule has 2 unspecified atom stereocenters. The molecule has 1 rings (SSSR count). The molecule has 0 aromatic heterocycles. The van der Waals surface area contributed by atoms with Crippen LogP contribution in [0.4, 0.5) is 0 Å². The number of nitrogens with one attached hydrogen (secondary N) is 1. The zero-order valence-electron chi connectivity index (χ0n) is 16.9. The Bertz CT molecular complexity index is 790. The zero-order chi connectivity index (χ0) is 24.3. The number of halogens is 1. The molecular weight excluding hydrogens is 494 g/mol. The van der Waals surface area contributed by atoms with Crippen LogP contribution in [-0.4, -0.2) is 104 Å². The van der Waals surface area contributed by atoms with Gasteiger partial charge >= 0.3 is 23.9 Å². The lowest BCUT2D eigenvalue weighted by Gasteiger charge is -2.38. The van der Waals surface area contributed by atoms with Crippen LogP contribution < -0.4 is 5.32 Å². The zero-order valence-corrected chi connectivity index (χ0v) is 18.5. The molecule has 0 radical (unpaired) electrons. The Labute approximate surface area is 191 Å². The first kappa shape index (κ1) is 27.0. The maximum Gasteiger partial charge on any atom is 0.317 e. The van der Waals surface area contributed by atoms with Crippen molar-refractivity contribution in [2.45, 2.75) is 12.1 Å². The second-order valence-corrected chi connectivity index (χ2v) is 7.37. The van der Waals surface area contributed by atoms with Crippen molar-refractivity contribution >= 4 is 45.7 Å². The molecule has 0 aliphatic carbocycles. The number of carbonyl (C=O) groups is 5. The summed E-state index contributed by atoms with van der Waals surface area (Å²) in [6.45, 7) is -3.20. The molecule has 0 heterocycles. The number of carbonyl (C=O) groups excluding carboxylic acids is 1. The lowest BCUT2D eigenvalue weighted by molar-refractivity contribution is -0.147. The summed E-state index contributed by atoms with van der Waals surface area (Å²) in [6, 6.07) is 6.22. The number of aliphatic carboxylic acids is 4. The topological polar surface area (TPSA) is 185 Å². The molecule has 0 aliphatic rings. The predicted molar refractivity (Wildman–Crippen MR) is 113 cm³/mol. The Morgan fingerprint density at radius 1 is 0.812 bits per heavy atom. The molecule has 0 saturated carbocycles. The first-order chi connectivity index (χ1) is 15.0. The van der Waals surface area contributed by atoms with Gasteiger partial charge in [0.05, 0.1) is 37.6 Å². The summed E-state index contributed by atoms with van der Waals surface area (Å²) in [5.74, 6) is -5.84. The standard InChI is InChI=1S/C19H24BrN3O9/c20-6-14(24)21-19(12-4-2-1-3-5-12)13(23(10-17(29)30)11-18(31)32)7-22(8-15(25)26)9-16(27)28/h1-5,13,19H,6-11H2,(H,21,24)(H,25,26)(H,27,28)(H,29,30)(H,31,32). The van der Waals surface area contributed by atoms with E-state index in [1.807, 2.05) is 0 Å². The first-order valence-corrected chi connectivity index (χ1v) is 10.4. The van der Waals surface area contributed by atoms with E-state index in [1.54, 1.807) is 30.3 Å². The van der Waals surface area contributed by atoms with E-state index in [0.717, 1.165) is 9.80 Å². The fourth-order valence-electron chi connectivity index (χ4n) is 3.18. The normalized spacial score (nSPS) is 12.8. The third-order valence-corrected chi connectivity index (χ3v) is 4.80. The summed E-state index contributed by atoms with van der Waals surface area (Å²) in [6.07, 6.45) is 0. The van der Waals surface area contributed by atoms with Gasteiger partial charge in [-0.25, -0.2) is 0 Å². The van der Waals surface area contributed by atoms with Crippen LogP contribution in [0.5, 0.6) is 0 Å². The van der Waals surface area contributed by atoms with E-state index >= 15 is 0 Å². The molecule has 12 nitrogen and oxygen atoms in total. The molecule has 0 spiro atoms. The van der Waals surface area contributed by atoms with E-state index in [-0.39, 0.29) is 11.9 Å². The highest BCUT2D eigenvalue weighted by atomic mass is 79.9. The van der Waals surface area contributed by atoms with Crippen LogP contribution in [0.3, 0.4) is 0 Å². The number of rotatable bonds is 15. The highest BCUT2D eigenvalue weighted by Crippen LogP contribution is 2.23. The molecule has 176 valence electrons. The number of carboxylic acids is 4. The van der Waals surface area contributed by atoms with Crippen molar-refractivity contribution in [3.05, 3.63) is 35.9 Å². The number of nitrogens with zero attached hydrogens (tertiary/aromatic N) is 2. The largest absolute Gasteiger partial charge is 0.480 e. The van der Waals surface area contributed by atoms with Gasteiger partial charge in [0.1, 0.15) is 0 Å². The average Bonchev–Trinajstić information content (AvgIpc) is 2.68. The van der Waals surface area contributed by atoms with Gasteiger partial charge in [-0.2, -0.15) is 0 Å². The molecule has 0 aliphatic heterocycles. The second-order valence-electron chi connectivity index (χ2n) is 6.81. The van der Waals surface area contributed by atoms with Crippen LogP contribution in [-0.2, 0) is 24.0 Å². The van der Waals surface area contributed by atoms with Crippen LogP contribution in [0, 0.1) is 0 Å². The number of amides is 1. The first-order valence-electron chi connectivity index (χ1n) is 9.27. The minimum atomic E-state index is -1.35. The number of carboxylic acid groups (broad SMARTS) is 4. The molecule has 1 aromatic rings. The molecule has 0 saturated heterocycles. The van der Waals surface area contributed by atoms with Gasteiger partial charge in [0.2, 0.25) is 5.91 Å². The Balaban J connectivity index is 3.52. The molecule has 0 fully saturated rings. The van der Waals surface area contributed by atoms with Crippen LogP contribution >= 0.6 is 15.9 Å². The van der Waals surface area contributed by atoms with Gasteiger partial charge in [-0.15, -0.1) is 0 Å². The van der Waals surface area contributed by atoms with E-state index in [9.17, 15) is 34.2 Å². The number of benzene rings is 1. The SMILES string of the molecule is O=C(O)CN(CC(=O)O)CC(C(NC(=O)CBr)c1ccccc1)N(CC(=O)O)CC(=O)O. The Kier molecular flexibility index (Phi) is 11.3. The van der Waals surface area contributed by atoms with Crippen molar-refractivity contribution in [1.82, 2.24) is 15.1 Å². The maximum atomic E-state index is 12.2. The predicted octanol–water partition coefficient (Wildman–Crippen LogP) is -0.450. The Morgan fingerprint density at radius 3 is 1.69 bits per heavy atom. The van der Waals surface area contributed by atoms with Gasteiger partial charge < -0.3 is 25.7 Å². The molecule has 32 heavy (non-hydrogen) atoms. The van der Waals surface area contributed by atoms with Gasteiger partial charge in [-0.05, 0) is 5.56 Å². The smallest absolute Gasteiger partial charge is 0.317 e. The van der Waals surface area contributed by atoms with E-state index < -0.39 is 68.0 Å². The number of hydrogen-bond acceptors (Lipinski definition) is 7. The average molecular weight is 518 g/mol. The summed E-state index contributed by atoms with van der Waals surface area (Å²) in [5.41, 5.74) is 0.498. The van der Waals surface area contributed by atoms with Gasteiger partial charge in [0.15, 0.2) is 0 Å². The fourth-order valence-corrected chi connectivity index (χ4v) is 3.34. The van der Waals surface area contributed by atoms with Crippen molar-refractivity contribution in [3.8, 4) is 0 Å². The summed E-state index contributed by atoms with van der Waals surface area (Å²) < 4.78 is 0. The molecule has 2 atom stereocenters. The minimum absolute atomic E-state index is 0.102. The monoisotopic (exact) mass is 517 g/mol. The van der Waals surface area contributed by atoms with Gasteiger partial charge in [-0.3, -0.25) is 33.8 Å². The van der Waals surface area contributed by atoms with Gasteiger partial charge in [-0.1, -0.05) is 46.3 Å². The highest BCUT2D eigenvalue weighted by Gasteiger charge is 2.34. The van der Waals surface area contributed by atoms with E-state index in [4.69, 9.17) is 10.2 Å². The van der Waals surface area contributed by atoms with Crippen molar-refractivity contribution in [2.24, 2.45) is 0 Å². The van der Waals surface area contributed by atoms with E-state index in [1.165, 1.54) is 0 Å². The van der Waals surface area contributed by atoms with Crippen molar-refractivity contribution in [2.75, 3.05) is 38.1 Å². The van der Waals surface area contributed by atoms with Crippen LogP contribution in [0.15, 0.2) is 30.3 Å². The number of hydrogen-bond donors (Lipinski definition) is 5. The summed E-state index contributed by atoms with van der Waals surface area (Å²) in [5, 5.41) is 39.6. The molecule has 13 heteroatoms. The summed E-state index contributed by atoms with van der Waals surface area (Å²) >= 11 is 3.02. The summed E-state index contributed by atoms with van der Waals surface area (Å²) in [4.78, 5) is 59.7. The highest BCUT2D eigenvalue weighted by molar-refractivity contribution is 9.09. The third kappa shape index (κ3) is 9.85. The number of alkyl halides is 1. The second kappa shape index (κ2) is 13.4. The van der Waals surface area contributed by atoms with Crippen LogP contribution in [0.25, 0.3) is 0 Å². The van der Waals surface area contributed by atoms with Crippen LogP contribution in [0.1, 0.15) is 11.6 Å². The Hall–Kier alpha value is -3.03. The van der Waals surface area contributed by atoms with Gasteiger partial charge in [0.25, 0.3) is 0 Å². The molecule has 5 N–H and O–H groups in total. The quantitative estimate of drug-likeness (QED) is 0.190. The molecule has 1 aromatic carbocycles. The lowest BCUT2D eigenvalue weighted by Crippen LogP contribution is -2.55. The van der Waals surface area contributed by atoms with E-state index in [2.05, 4.69) is 21.2 Å². The van der Waals surface area contributed by atoms with Crippen molar-refractivity contribution in [3.63, 3.8) is 0 Å². The van der Waals surface area contributed by atoms with E-state index in [0.29, 0.717) is 5.56 Å². The molecule has 0 bridgehead atoms. The summed E-state index contributed by atoms with van der Waals surface area (Å²) in [7, 11) is 0. The minimum Gasteiger partial charge on any atom is -0.480 e. The van der Waals surface area contributed by atoms with Crippen LogP contribution in [0.2, 0.25) is 0 Å². The third-order valence-electron chi connectivity index (χ3n) is 4.29. The molecular formula is C19H24BrN3O9. The van der Waals surface area contributed by atoms with Crippen molar-refractivity contribution < 1.29 is 44.4 Å². The fraction of sp³-hybridized carbons (Fsp3) is 0.421. The lowest BCUT2D eigenvalue weighted by atomic mass is 9.96. The maximum absolute atomic E-state index is 12.2. The Morgan fingerprint density at radius 2 is 1.28 bits per heavy atom. The van der Waals surface area contributed by atoms with Crippen molar-refractivity contribution in [1.29, 1.82) is 0 Å². The van der Waals surface area contributed by atoms with Gasteiger partial charge in [0, 0.05) is 12.6 Å².